The summed E-state index contributed by atoms with van der Waals surface area (Å²) in [5.74, 6) is 0.730. The summed E-state index contributed by atoms with van der Waals surface area (Å²) in [6, 6.07) is 3.67. The lowest BCUT2D eigenvalue weighted by Gasteiger charge is -2.29. The van der Waals surface area contributed by atoms with Gasteiger partial charge < -0.3 is 4.57 Å². The number of aromatic nitrogens is 2. The highest BCUT2D eigenvalue weighted by molar-refractivity contribution is 5.95. The van der Waals surface area contributed by atoms with Crippen molar-refractivity contribution >= 4 is 22.9 Å². The van der Waals surface area contributed by atoms with E-state index in [2.05, 4.69) is 17.2 Å². The van der Waals surface area contributed by atoms with Crippen molar-refractivity contribution in [2.24, 2.45) is 11.8 Å². The molecule has 2 aliphatic carbocycles. The molecule has 2 atom stereocenters. The standard InChI is InChI=1S/C18H20F3N3O/c1-2-10-8-13(10)16(25)23-17-22-14-7-6-11(18(19,20)21)9-15(14)24(17)12-4-3-5-12/h6-7,9-10,12-13H,2-5,8H2,1H3,(H,22,23,25)/t10-,13-/m0/s1. The van der Waals surface area contributed by atoms with E-state index in [9.17, 15) is 18.0 Å². The van der Waals surface area contributed by atoms with E-state index in [1.54, 1.807) is 4.57 Å². The molecule has 1 aromatic heterocycles. The molecular formula is C18H20F3N3O. The van der Waals surface area contributed by atoms with Crippen LogP contribution in [0.5, 0.6) is 0 Å². The first kappa shape index (κ1) is 16.4. The highest BCUT2D eigenvalue weighted by Gasteiger charge is 2.42. The maximum Gasteiger partial charge on any atom is 0.416 e. The Morgan fingerprint density at radius 2 is 2.12 bits per heavy atom. The lowest BCUT2D eigenvalue weighted by molar-refractivity contribution is -0.137. The third-order valence-corrected chi connectivity index (χ3v) is 5.48. The van der Waals surface area contributed by atoms with Gasteiger partial charge >= 0.3 is 6.18 Å². The Kier molecular flexibility index (Phi) is 3.77. The average molecular weight is 351 g/mol. The van der Waals surface area contributed by atoms with Crippen molar-refractivity contribution < 1.29 is 18.0 Å². The molecule has 0 spiro atoms. The zero-order chi connectivity index (χ0) is 17.8. The smallest absolute Gasteiger partial charge is 0.307 e. The molecule has 1 heterocycles. The molecular weight excluding hydrogens is 331 g/mol. The summed E-state index contributed by atoms with van der Waals surface area (Å²) in [7, 11) is 0. The number of imidazole rings is 1. The van der Waals surface area contributed by atoms with Gasteiger partial charge in [-0.1, -0.05) is 13.3 Å². The van der Waals surface area contributed by atoms with Crippen LogP contribution in [0.2, 0.25) is 0 Å². The summed E-state index contributed by atoms with van der Waals surface area (Å²) in [5, 5.41) is 2.87. The van der Waals surface area contributed by atoms with Crippen molar-refractivity contribution in [3.63, 3.8) is 0 Å². The van der Waals surface area contributed by atoms with Crippen molar-refractivity contribution in [2.75, 3.05) is 5.32 Å². The van der Waals surface area contributed by atoms with Crippen LogP contribution in [-0.4, -0.2) is 15.5 Å². The van der Waals surface area contributed by atoms with E-state index in [0.29, 0.717) is 22.9 Å². The number of hydrogen-bond donors (Lipinski definition) is 1. The Balaban J connectivity index is 1.71. The Morgan fingerprint density at radius 1 is 1.36 bits per heavy atom. The van der Waals surface area contributed by atoms with Crippen LogP contribution in [0.15, 0.2) is 18.2 Å². The van der Waals surface area contributed by atoms with E-state index in [1.165, 1.54) is 6.07 Å². The molecule has 2 fully saturated rings. The van der Waals surface area contributed by atoms with Gasteiger partial charge in [-0.15, -0.1) is 0 Å². The quantitative estimate of drug-likeness (QED) is 0.863. The zero-order valence-corrected chi connectivity index (χ0v) is 13.9. The van der Waals surface area contributed by atoms with Crippen LogP contribution in [0.4, 0.5) is 19.1 Å². The number of rotatable bonds is 4. The van der Waals surface area contributed by atoms with E-state index >= 15 is 0 Å². The van der Waals surface area contributed by atoms with Gasteiger partial charge in [0, 0.05) is 12.0 Å². The zero-order valence-electron chi connectivity index (χ0n) is 13.9. The topological polar surface area (TPSA) is 46.9 Å². The second kappa shape index (κ2) is 5.75. The molecule has 7 heteroatoms. The minimum absolute atomic E-state index is 0.00499. The summed E-state index contributed by atoms with van der Waals surface area (Å²) in [5.41, 5.74) is 0.238. The molecule has 4 rings (SSSR count). The van der Waals surface area contributed by atoms with Crippen molar-refractivity contribution in [1.29, 1.82) is 0 Å². The summed E-state index contributed by atoms with van der Waals surface area (Å²) in [6.45, 7) is 2.06. The van der Waals surface area contributed by atoms with E-state index in [4.69, 9.17) is 0 Å². The Bertz CT molecular complexity index is 823. The predicted octanol–water partition coefficient (Wildman–Crippen LogP) is 4.76. The second-order valence-corrected chi connectivity index (χ2v) is 7.09. The van der Waals surface area contributed by atoms with Gasteiger partial charge in [0.2, 0.25) is 11.9 Å². The number of nitrogens with one attached hydrogen (secondary N) is 1. The number of halogens is 3. The van der Waals surface area contributed by atoms with Crippen molar-refractivity contribution in [1.82, 2.24) is 9.55 Å². The Morgan fingerprint density at radius 3 is 2.68 bits per heavy atom. The first-order valence-electron chi connectivity index (χ1n) is 8.78. The molecule has 0 aliphatic heterocycles. The number of nitrogens with zero attached hydrogens (tertiary/aromatic N) is 2. The molecule has 1 aromatic carbocycles. The average Bonchev–Trinajstić information content (AvgIpc) is 3.22. The number of fused-ring (bicyclic) bond motifs is 1. The van der Waals surface area contributed by atoms with E-state index in [-0.39, 0.29) is 17.9 Å². The largest absolute Gasteiger partial charge is 0.416 e. The maximum absolute atomic E-state index is 13.1. The lowest BCUT2D eigenvalue weighted by Crippen LogP contribution is -2.23. The normalized spacial score (nSPS) is 23.5. The molecule has 134 valence electrons. The SMILES string of the molecule is CC[C@H]1C[C@@H]1C(=O)Nc1nc2ccc(C(F)(F)F)cc2n1C1CCC1. The number of anilines is 1. The van der Waals surface area contributed by atoms with Crippen LogP contribution in [-0.2, 0) is 11.0 Å². The fourth-order valence-electron chi connectivity index (χ4n) is 3.59. The van der Waals surface area contributed by atoms with Crippen LogP contribution >= 0.6 is 0 Å². The summed E-state index contributed by atoms with van der Waals surface area (Å²) in [6.07, 6.45) is 0.277. The molecule has 2 aromatic rings. The summed E-state index contributed by atoms with van der Waals surface area (Å²) < 4.78 is 41.0. The maximum atomic E-state index is 13.1. The molecule has 0 unspecified atom stereocenters. The number of amides is 1. The van der Waals surface area contributed by atoms with Crippen molar-refractivity contribution in [2.45, 2.75) is 51.2 Å². The second-order valence-electron chi connectivity index (χ2n) is 7.09. The predicted molar refractivity (Wildman–Crippen MR) is 88.1 cm³/mol. The van der Waals surface area contributed by atoms with E-state index in [0.717, 1.165) is 44.2 Å². The molecule has 4 nitrogen and oxygen atoms in total. The first-order chi connectivity index (χ1) is 11.9. The number of hydrogen-bond acceptors (Lipinski definition) is 2. The van der Waals surface area contributed by atoms with Crippen LogP contribution in [0.25, 0.3) is 11.0 Å². The molecule has 0 saturated heterocycles. The number of carbonyl (C=O) groups excluding carboxylic acids is 1. The van der Waals surface area contributed by atoms with Crippen LogP contribution in [0.3, 0.4) is 0 Å². The number of alkyl halides is 3. The van der Waals surface area contributed by atoms with Crippen molar-refractivity contribution in [3.05, 3.63) is 23.8 Å². The monoisotopic (exact) mass is 351 g/mol. The van der Waals surface area contributed by atoms with Gasteiger partial charge in [-0.05, 0) is 49.8 Å². The molecule has 25 heavy (non-hydrogen) atoms. The highest BCUT2D eigenvalue weighted by atomic mass is 19.4. The Labute approximate surface area is 143 Å². The third kappa shape index (κ3) is 2.89. The fourth-order valence-corrected chi connectivity index (χ4v) is 3.59. The van der Waals surface area contributed by atoms with E-state index in [1.807, 2.05) is 0 Å². The molecule has 1 amide bonds. The number of benzene rings is 1. The van der Waals surface area contributed by atoms with Crippen LogP contribution in [0, 0.1) is 11.8 Å². The minimum Gasteiger partial charge on any atom is -0.307 e. The molecule has 1 N–H and O–H groups in total. The summed E-state index contributed by atoms with van der Waals surface area (Å²) >= 11 is 0. The van der Waals surface area contributed by atoms with Gasteiger partial charge in [0.1, 0.15) is 0 Å². The van der Waals surface area contributed by atoms with Gasteiger partial charge in [0.15, 0.2) is 0 Å². The third-order valence-electron chi connectivity index (χ3n) is 5.48. The molecule has 0 radical (unpaired) electrons. The molecule has 2 aliphatic rings. The van der Waals surface area contributed by atoms with Gasteiger partial charge in [0.25, 0.3) is 0 Å². The van der Waals surface area contributed by atoms with Crippen LogP contribution in [0.1, 0.15) is 50.6 Å². The van der Waals surface area contributed by atoms with Gasteiger partial charge in [0.05, 0.1) is 16.6 Å². The highest BCUT2D eigenvalue weighted by Crippen LogP contribution is 2.43. The lowest BCUT2D eigenvalue weighted by atomic mass is 9.92. The molecule has 2 saturated carbocycles. The van der Waals surface area contributed by atoms with Gasteiger partial charge in [-0.25, -0.2) is 4.98 Å². The first-order valence-corrected chi connectivity index (χ1v) is 8.78. The fraction of sp³-hybridized carbons (Fsp3) is 0.556. The van der Waals surface area contributed by atoms with Gasteiger partial charge in [-0.2, -0.15) is 13.2 Å². The molecule has 0 bridgehead atoms. The summed E-state index contributed by atoms with van der Waals surface area (Å²) in [4.78, 5) is 16.8. The Hall–Kier alpha value is -2.05. The number of carbonyl (C=O) groups is 1. The van der Waals surface area contributed by atoms with Crippen molar-refractivity contribution in [3.8, 4) is 0 Å². The van der Waals surface area contributed by atoms with E-state index < -0.39 is 11.7 Å². The minimum atomic E-state index is -4.39. The van der Waals surface area contributed by atoms with Crippen LogP contribution < -0.4 is 5.32 Å². The van der Waals surface area contributed by atoms with Gasteiger partial charge in [-0.3, -0.25) is 10.1 Å².